The second kappa shape index (κ2) is 4.09. The summed E-state index contributed by atoms with van der Waals surface area (Å²) in [6, 6.07) is 4.33. The third kappa shape index (κ3) is 2.05. The lowest BCUT2D eigenvalue weighted by Crippen LogP contribution is -2.12. The molecule has 6 heteroatoms. The number of halogens is 1. The molecule has 0 atom stereocenters. The average molecular weight is 219 g/mol. The van der Waals surface area contributed by atoms with Crippen LogP contribution in [0.3, 0.4) is 0 Å². The highest BCUT2D eigenvalue weighted by Crippen LogP contribution is 2.14. The maximum Gasteiger partial charge on any atom is 0.226 e. The van der Waals surface area contributed by atoms with Crippen LogP contribution >= 0.6 is 0 Å². The highest BCUT2D eigenvalue weighted by atomic mass is 19.1. The van der Waals surface area contributed by atoms with Crippen molar-refractivity contribution in [2.75, 3.05) is 0 Å². The van der Waals surface area contributed by atoms with E-state index in [9.17, 15) is 9.18 Å². The van der Waals surface area contributed by atoms with E-state index in [-0.39, 0.29) is 5.56 Å². The number of hydrogen-bond acceptors (Lipinski definition) is 3. The number of carbonyl (C=O) groups excluding carboxylic acids is 1. The fourth-order valence-electron chi connectivity index (χ4n) is 1.27. The van der Waals surface area contributed by atoms with E-state index in [1.165, 1.54) is 29.5 Å². The third-order valence-electron chi connectivity index (χ3n) is 1.97. The number of amides is 1. The van der Waals surface area contributed by atoms with E-state index in [1.807, 2.05) is 0 Å². The maximum absolute atomic E-state index is 13.5. The van der Waals surface area contributed by atoms with Gasteiger partial charge in [0.2, 0.25) is 5.91 Å². The lowest BCUT2D eigenvalue weighted by molar-refractivity contribution is -0.114. The minimum absolute atomic E-state index is 0.149. The van der Waals surface area contributed by atoms with Crippen molar-refractivity contribution in [2.24, 2.45) is 5.73 Å². The zero-order chi connectivity index (χ0) is 11.5. The molecule has 1 radical (unpaired) electrons. The summed E-state index contributed by atoms with van der Waals surface area (Å²) < 4.78 is 14.9. The van der Waals surface area contributed by atoms with Gasteiger partial charge in [-0.05, 0) is 12.1 Å². The minimum Gasteiger partial charge on any atom is -0.369 e. The lowest BCUT2D eigenvalue weighted by atomic mass is 10.1. The van der Waals surface area contributed by atoms with Crippen LogP contribution in [0.1, 0.15) is 5.56 Å². The van der Waals surface area contributed by atoms with Gasteiger partial charge in [-0.3, -0.25) is 4.79 Å². The molecule has 0 fully saturated rings. The van der Waals surface area contributed by atoms with Gasteiger partial charge in [-0.1, -0.05) is 6.07 Å². The standard InChI is InChI=1S/C10H8FN4O/c11-9-4-8(15-6-13-5-14-15)2-1-7(9)3-10(12)16/h1-6H,(H2,12,16). The van der Waals surface area contributed by atoms with Gasteiger partial charge in [0.15, 0.2) is 0 Å². The Morgan fingerprint density at radius 3 is 2.88 bits per heavy atom. The SMILES string of the molecule is NC(=O)[CH]c1ccc(-n2cncn2)cc1F. The molecule has 0 spiro atoms. The van der Waals surface area contributed by atoms with Crippen molar-refractivity contribution in [3.8, 4) is 5.69 Å². The molecule has 0 unspecified atom stereocenters. The Kier molecular flexibility index (Phi) is 2.63. The molecule has 2 aromatic rings. The smallest absolute Gasteiger partial charge is 0.226 e. The summed E-state index contributed by atoms with van der Waals surface area (Å²) in [5.41, 5.74) is 5.61. The van der Waals surface area contributed by atoms with Crippen LogP contribution in [0.5, 0.6) is 0 Å². The molecule has 16 heavy (non-hydrogen) atoms. The largest absolute Gasteiger partial charge is 0.369 e. The summed E-state index contributed by atoms with van der Waals surface area (Å²) in [6.07, 6.45) is 3.83. The van der Waals surface area contributed by atoms with Crippen LogP contribution in [0, 0.1) is 12.2 Å². The first-order valence-electron chi connectivity index (χ1n) is 4.45. The van der Waals surface area contributed by atoms with E-state index in [0.717, 1.165) is 6.42 Å². The van der Waals surface area contributed by atoms with Gasteiger partial charge in [-0.15, -0.1) is 0 Å². The number of carbonyl (C=O) groups is 1. The molecule has 0 aliphatic carbocycles. The molecule has 5 nitrogen and oxygen atoms in total. The zero-order valence-electron chi connectivity index (χ0n) is 8.17. The third-order valence-corrected chi connectivity index (χ3v) is 1.97. The number of nitrogens with two attached hydrogens (primary N) is 1. The van der Waals surface area contributed by atoms with Gasteiger partial charge < -0.3 is 5.73 Å². The predicted molar refractivity (Wildman–Crippen MR) is 53.9 cm³/mol. The van der Waals surface area contributed by atoms with E-state index in [1.54, 1.807) is 6.07 Å². The van der Waals surface area contributed by atoms with Gasteiger partial charge in [0.05, 0.1) is 12.1 Å². The topological polar surface area (TPSA) is 73.8 Å². The van der Waals surface area contributed by atoms with Crippen molar-refractivity contribution < 1.29 is 9.18 Å². The summed E-state index contributed by atoms with van der Waals surface area (Å²) >= 11 is 0. The van der Waals surface area contributed by atoms with Crippen LogP contribution in [0.2, 0.25) is 0 Å². The first kappa shape index (κ1) is 10.3. The molecular weight excluding hydrogens is 211 g/mol. The zero-order valence-corrected chi connectivity index (χ0v) is 8.17. The second-order valence-electron chi connectivity index (χ2n) is 3.09. The molecule has 0 saturated heterocycles. The van der Waals surface area contributed by atoms with Crippen molar-refractivity contribution in [1.82, 2.24) is 14.8 Å². The first-order valence-corrected chi connectivity index (χ1v) is 4.45. The van der Waals surface area contributed by atoms with Gasteiger partial charge in [0, 0.05) is 5.56 Å². The van der Waals surface area contributed by atoms with E-state index in [2.05, 4.69) is 10.1 Å². The maximum atomic E-state index is 13.5. The van der Waals surface area contributed by atoms with Crippen LogP contribution in [0.25, 0.3) is 5.69 Å². The number of primary amides is 1. The fourth-order valence-corrected chi connectivity index (χ4v) is 1.27. The average Bonchev–Trinajstić information content (AvgIpc) is 2.73. The Bertz CT molecular complexity index is 510. The normalized spacial score (nSPS) is 10.3. The van der Waals surface area contributed by atoms with Crippen LogP contribution in [0.4, 0.5) is 4.39 Å². The summed E-state index contributed by atoms with van der Waals surface area (Å²) in [5, 5.41) is 3.86. The quantitative estimate of drug-likeness (QED) is 0.814. The molecule has 0 saturated carbocycles. The number of hydrogen-bond donors (Lipinski definition) is 1. The van der Waals surface area contributed by atoms with E-state index in [0.29, 0.717) is 5.69 Å². The van der Waals surface area contributed by atoms with Gasteiger partial charge in [0.1, 0.15) is 18.5 Å². The summed E-state index contributed by atoms with van der Waals surface area (Å²) in [6.45, 7) is 0. The Labute approximate surface area is 90.7 Å². The summed E-state index contributed by atoms with van der Waals surface area (Å²) in [7, 11) is 0. The molecule has 0 aliphatic heterocycles. The van der Waals surface area contributed by atoms with Crippen molar-refractivity contribution in [1.29, 1.82) is 0 Å². The predicted octanol–water partition coefficient (Wildman–Crippen LogP) is 0.444. The van der Waals surface area contributed by atoms with E-state index >= 15 is 0 Å². The minimum atomic E-state index is -0.688. The number of rotatable bonds is 3. The molecule has 1 aromatic carbocycles. The Morgan fingerprint density at radius 2 is 2.31 bits per heavy atom. The lowest BCUT2D eigenvalue weighted by Gasteiger charge is -2.03. The molecule has 2 rings (SSSR count). The highest BCUT2D eigenvalue weighted by Gasteiger charge is 2.07. The molecular formula is C10H8FN4O. The molecule has 0 aliphatic rings. The summed E-state index contributed by atoms with van der Waals surface area (Å²) in [5.74, 6) is -1.22. The van der Waals surface area contributed by atoms with E-state index < -0.39 is 11.7 Å². The highest BCUT2D eigenvalue weighted by molar-refractivity contribution is 5.86. The van der Waals surface area contributed by atoms with Crippen molar-refractivity contribution >= 4 is 5.91 Å². The molecule has 2 N–H and O–H groups in total. The van der Waals surface area contributed by atoms with E-state index in [4.69, 9.17) is 5.73 Å². The monoisotopic (exact) mass is 219 g/mol. The summed E-state index contributed by atoms with van der Waals surface area (Å²) in [4.78, 5) is 14.4. The molecule has 81 valence electrons. The molecule has 0 bridgehead atoms. The first-order chi connectivity index (χ1) is 7.66. The Balaban J connectivity index is 2.33. The van der Waals surface area contributed by atoms with Crippen LogP contribution in [0.15, 0.2) is 30.9 Å². The van der Waals surface area contributed by atoms with Crippen LogP contribution in [-0.2, 0) is 4.79 Å². The second-order valence-corrected chi connectivity index (χ2v) is 3.09. The number of benzene rings is 1. The van der Waals surface area contributed by atoms with Crippen molar-refractivity contribution in [3.05, 3.63) is 48.7 Å². The molecule has 1 aromatic heterocycles. The molecule has 1 amide bonds. The van der Waals surface area contributed by atoms with Gasteiger partial charge >= 0.3 is 0 Å². The number of nitrogens with zero attached hydrogens (tertiary/aromatic N) is 3. The molecule has 1 heterocycles. The Hall–Kier alpha value is -2.24. The van der Waals surface area contributed by atoms with Crippen LogP contribution < -0.4 is 5.73 Å². The van der Waals surface area contributed by atoms with Crippen molar-refractivity contribution in [2.45, 2.75) is 0 Å². The van der Waals surface area contributed by atoms with Crippen molar-refractivity contribution in [3.63, 3.8) is 0 Å². The number of aromatic nitrogens is 3. The van der Waals surface area contributed by atoms with Gasteiger partial charge in [-0.25, -0.2) is 14.1 Å². The van der Waals surface area contributed by atoms with Crippen LogP contribution in [-0.4, -0.2) is 20.7 Å². The van der Waals surface area contributed by atoms with Gasteiger partial charge in [-0.2, -0.15) is 5.10 Å². The fraction of sp³-hybridized carbons (Fsp3) is 0. The Morgan fingerprint density at radius 1 is 1.50 bits per heavy atom. The van der Waals surface area contributed by atoms with Gasteiger partial charge in [0.25, 0.3) is 0 Å².